The molecule has 73 heavy (non-hydrogen) atoms. The molecule has 0 bridgehead atoms. The summed E-state index contributed by atoms with van der Waals surface area (Å²) in [6.07, 6.45) is 7.49. The van der Waals surface area contributed by atoms with E-state index in [1.54, 1.807) is 0 Å². The zero-order valence-electron chi connectivity index (χ0n) is 41.5. The van der Waals surface area contributed by atoms with E-state index in [1.165, 1.54) is 84.3 Å². The molecule has 0 saturated carbocycles. The number of ketones is 2. The van der Waals surface area contributed by atoms with Crippen molar-refractivity contribution >= 4 is 50.4 Å². The molecule has 6 aromatic rings. The number of sulfone groups is 1. The summed E-state index contributed by atoms with van der Waals surface area (Å²) in [5.74, 6) is -0.585. The van der Waals surface area contributed by atoms with Crippen LogP contribution >= 0.6 is 0 Å². The van der Waals surface area contributed by atoms with Gasteiger partial charge in [-0.3, -0.25) is 19.4 Å². The number of carbonyl (C=O) groups excluding carboxylic acids is 2. The molecule has 2 aromatic heterocycles. The maximum atomic E-state index is 13.7. The van der Waals surface area contributed by atoms with E-state index < -0.39 is 38.2 Å². The molecule has 2 aliphatic heterocycles. The van der Waals surface area contributed by atoms with Crippen LogP contribution in [0.4, 0.5) is 37.7 Å². The summed E-state index contributed by atoms with van der Waals surface area (Å²) < 4.78 is 72.3. The quantitative estimate of drug-likeness (QED) is 0.0371. The van der Waals surface area contributed by atoms with E-state index in [0.29, 0.717) is 18.7 Å². The number of hydrogen-bond acceptors (Lipinski definition) is 18. The highest BCUT2D eigenvalue weighted by molar-refractivity contribution is 7.91. The zero-order valence-corrected chi connectivity index (χ0v) is 42.3. The lowest BCUT2D eigenvalue weighted by molar-refractivity contribution is 0.102. The number of aromatic nitrogens is 4. The molecule has 21 heteroatoms. The number of nitrogens with zero attached hydrogens (tertiary/aromatic N) is 6. The number of nitrogens with two attached hydrogens (primary N) is 3. The van der Waals surface area contributed by atoms with Gasteiger partial charge in [0.2, 0.25) is 32.5 Å². The maximum absolute atomic E-state index is 13.7. The summed E-state index contributed by atoms with van der Waals surface area (Å²) >= 11 is 0. The van der Waals surface area contributed by atoms with Gasteiger partial charge in [0.05, 0.1) is 42.2 Å². The molecular weight excluding hydrogens is 963 g/mol. The van der Waals surface area contributed by atoms with E-state index in [2.05, 4.69) is 48.9 Å². The molecular formula is C52H62F2N10O8S. The van der Waals surface area contributed by atoms with Gasteiger partial charge in [-0.05, 0) is 151 Å². The Morgan fingerprint density at radius 1 is 0.644 bits per heavy atom. The normalized spacial score (nSPS) is 14.4. The van der Waals surface area contributed by atoms with Gasteiger partial charge in [-0.1, -0.05) is 6.92 Å². The van der Waals surface area contributed by atoms with Crippen molar-refractivity contribution < 1.29 is 45.7 Å². The van der Waals surface area contributed by atoms with Gasteiger partial charge in [0.15, 0.2) is 0 Å². The number of anilines is 5. The van der Waals surface area contributed by atoms with Crippen LogP contribution in [0.3, 0.4) is 0 Å². The van der Waals surface area contributed by atoms with Crippen LogP contribution in [0.25, 0.3) is 0 Å². The van der Waals surface area contributed by atoms with E-state index >= 15 is 0 Å². The fourth-order valence-corrected chi connectivity index (χ4v) is 8.51. The van der Waals surface area contributed by atoms with E-state index in [4.69, 9.17) is 36.1 Å². The third kappa shape index (κ3) is 15.0. The number of nitrogens with one attached hydrogen (secondary N) is 1. The molecule has 4 aromatic carbocycles. The molecule has 4 heterocycles. The average Bonchev–Trinajstić information content (AvgIpc) is 4.15. The summed E-state index contributed by atoms with van der Waals surface area (Å²) in [7, 11) is -0.907. The summed E-state index contributed by atoms with van der Waals surface area (Å²) in [5.41, 5.74) is 18.7. The molecule has 0 aliphatic carbocycles. The van der Waals surface area contributed by atoms with Crippen LogP contribution in [-0.4, -0.2) is 121 Å². The molecule has 0 spiro atoms. The number of benzene rings is 4. The lowest BCUT2D eigenvalue weighted by Gasteiger charge is -2.23. The van der Waals surface area contributed by atoms with Crippen molar-refractivity contribution in [1.82, 2.24) is 29.7 Å². The molecule has 2 fully saturated rings. The fourth-order valence-electron chi connectivity index (χ4n) is 7.80. The van der Waals surface area contributed by atoms with Crippen molar-refractivity contribution in [3.8, 4) is 23.0 Å². The second-order valence-corrected chi connectivity index (χ2v) is 19.4. The van der Waals surface area contributed by atoms with Crippen LogP contribution in [0.15, 0.2) is 102 Å². The fraction of sp³-hybridized carbons (Fsp3) is 0.346. The van der Waals surface area contributed by atoms with Gasteiger partial charge in [-0.15, -0.1) is 0 Å². The lowest BCUT2D eigenvalue weighted by atomic mass is 10.0. The van der Waals surface area contributed by atoms with Gasteiger partial charge in [-0.2, -0.15) is 4.98 Å². The number of rotatable bonds is 18. The van der Waals surface area contributed by atoms with Gasteiger partial charge in [0.1, 0.15) is 59.5 Å². The Labute approximate surface area is 424 Å². The highest BCUT2D eigenvalue weighted by atomic mass is 32.2. The van der Waals surface area contributed by atoms with E-state index in [0.717, 1.165) is 67.0 Å². The summed E-state index contributed by atoms with van der Waals surface area (Å²) in [4.78, 5) is 46.0. The van der Waals surface area contributed by atoms with Crippen LogP contribution in [-0.2, 0) is 9.84 Å². The minimum Gasteiger partial charge on any atom is -0.496 e. The topological polar surface area (TPSA) is 253 Å². The Balaban J connectivity index is 0.000000192. The van der Waals surface area contributed by atoms with Crippen molar-refractivity contribution in [2.24, 2.45) is 0 Å². The van der Waals surface area contributed by atoms with Crippen molar-refractivity contribution in [2.45, 2.75) is 63.7 Å². The molecule has 388 valence electrons. The largest absolute Gasteiger partial charge is 0.496 e. The molecule has 0 amide bonds. The first-order chi connectivity index (χ1) is 35.0. The maximum Gasteiger partial charge on any atom is 0.249 e. The third-order valence-corrected chi connectivity index (χ3v) is 13.6. The monoisotopic (exact) mass is 1020 g/mol. The van der Waals surface area contributed by atoms with Gasteiger partial charge < -0.3 is 41.5 Å². The average molecular weight is 1030 g/mol. The second-order valence-electron chi connectivity index (χ2n) is 17.2. The Kier molecular flexibility index (Phi) is 19.3. The van der Waals surface area contributed by atoms with Crippen LogP contribution in [0.5, 0.6) is 23.0 Å². The van der Waals surface area contributed by atoms with Crippen molar-refractivity contribution in [2.75, 3.05) is 81.9 Å². The molecule has 2 aliphatic rings. The predicted molar refractivity (Wildman–Crippen MR) is 275 cm³/mol. The van der Waals surface area contributed by atoms with E-state index in [9.17, 15) is 26.8 Å². The standard InChI is InChI=1S/C25H28FN5O3.C14H14FN3O4S.C13H20N2O/c1-16(31-11-3-4-12-31)15-34-19-8-6-18(7-9-19)29-25-28-14-21(24(27)30-25)23(32)20-13-17(26)5-10-22(20)33-2;1-3-23(20,21)14-17-7-10(13(16)18-14)12(19)9-6-8(15)4-5-11(9)22-2;1-11(15-8-2-3-9-15)10-16-13-6-4-12(14)5-7-13/h5-10,13-14,16H,3-4,11-12,15H2,1-2H3,(H3,27,28,29,30);4-7H,3H2,1-2H3,(H2,16,17,18);4-7,11H,2-3,8-10,14H2,1H3/t16-;;11-/m1.1/s1. The number of halogens is 2. The molecule has 2 atom stereocenters. The number of methoxy groups -OCH3 is 2. The molecule has 0 radical (unpaired) electrons. The van der Waals surface area contributed by atoms with Gasteiger partial charge in [-0.25, -0.2) is 32.2 Å². The highest BCUT2D eigenvalue weighted by Crippen LogP contribution is 2.27. The molecule has 18 nitrogen and oxygen atoms in total. The Bertz CT molecular complexity index is 2920. The number of nitrogen functional groups attached to an aromatic ring is 3. The molecule has 2 saturated heterocycles. The van der Waals surface area contributed by atoms with Crippen LogP contribution in [0.2, 0.25) is 0 Å². The van der Waals surface area contributed by atoms with Gasteiger partial charge >= 0.3 is 0 Å². The third-order valence-electron chi connectivity index (χ3n) is 12.1. The van der Waals surface area contributed by atoms with E-state index in [-0.39, 0.29) is 57.1 Å². The number of hydrogen-bond donors (Lipinski definition) is 4. The minimum atomic E-state index is -3.65. The number of ether oxygens (including phenoxy) is 4. The second kappa shape index (κ2) is 25.8. The Morgan fingerprint density at radius 3 is 1.51 bits per heavy atom. The van der Waals surface area contributed by atoms with Gasteiger partial charge in [0.25, 0.3) is 0 Å². The highest BCUT2D eigenvalue weighted by Gasteiger charge is 2.24. The first-order valence-corrected chi connectivity index (χ1v) is 25.4. The summed E-state index contributed by atoms with van der Waals surface area (Å²) in [5, 5.41) is 2.60. The Hall–Kier alpha value is -7.49. The molecule has 0 unspecified atom stereocenters. The molecule has 8 rings (SSSR count). The summed E-state index contributed by atoms with van der Waals surface area (Å²) in [6.45, 7) is 11.9. The van der Waals surface area contributed by atoms with Crippen molar-refractivity contribution in [3.05, 3.63) is 131 Å². The van der Waals surface area contributed by atoms with Crippen LogP contribution < -0.4 is 41.5 Å². The van der Waals surface area contributed by atoms with Crippen molar-refractivity contribution in [1.29, 1.82) is 0 Å². The minimum absolute atomic E-state index is 0.0235. The molecule has 7 N–H and O–H groups in total. The number of carbonyl (C=O) groups is 2. The zero-order chi connectivity index (χ0) is 52.7. The summed E-state index contributed by atoms with van der Waals surface area (Å²) in [6, 6.07) is 23.1. The van der Waals surface area contributed by atoms with Gasteiger partial charge in [0, 0.05) is 35.9 Å². The Morgan fingerprint density at radius 2 is 1.08 bits per heavy atom. The smallest absolute Gasteiger partial charge is 0.249 e. The number of likely N-dealkylation sites (tertiary alicyclic amines) is 2. The first-order valence-electron chi connectivity index (χ1n) is 23.7. The van der Waals surface area contributed by atoms with Crippen LogP contribution in [0.1, 0.15) is 78.3 Å². The van der Waals surface area contributed by atoms with Crippen LogP contribution in [0, 0.1) is 11.6 Å². The first kappa shape index (κ1) is 54.8. The van der Waals surface area contributed by atoms with E-state index in [1.807, 2.05) is 48.5 Å². The SMILES string of the molecule is CCS(=O)(=O)c1ncc(C(=O)c2cc(F)ccc2OC)c(N)n1.COc1ccc(F)cc1C(=O)c1cnc(Nc2ccc(OC[C@@H](C)N3CCCC3)cc2)nc1N.C[C@H](COc1ccc(N)cc1)N1CCCC1. The predicted octanol–water partition coefficient (Wildman–Crippen LogP) is 7.41. The lowest BCUT2D eigenvalue weighted by Crippen LogP contribution is -2.34. The van der Waals surface area contributed by atoms with Crippen molar-refractivity contribution in [3.63, 3.8) is 0 Å².